The first-order valence-corrected chi connectivity index (χ1v) is 2.82. The van der Waals surface area contributed by atoms with Crippen LogP contribution in [0.2, 0.25) is 0 Å². The van der Waals surface area contributed by atoms with Gasteiger partial charge in [0.15, 0.2) is 0 Å². The van der Waals surface area contributed by atoms with Crippen LogP contribution in [0.25, 0.3) is 0 Å². The summed E-state index contributed by atoms with van der Waals surface area (Å²) in [5, 5.41) is 15.3. The second kappa shape index (κ2) is 17.3. The molecule has 0 amide bonds. The molecule has 0 aromatic rings. The molecule has 17 N–H and O–H groups in total. The maximum Gasteiger partial charge on any atom is 0.249 e. The summed E-state index contributed by atoms with van der Waals surface area (Å²) in [6.45, 7) is 0. The average Bonchev–Trinajstić information content (AvgIpc) is 1.19. The van der Waals surface area contributed by atoms with Crippen LogP contribution in [0.4, 0.5) is 4.79 Å². The van der Waals surface area contributed by atoms with E-state index >= 15 is 0 Å². The van der Waals surface area contributed by atoms with Crippen LogP contribution >= 0.6 is 7.82 Å². The Morgan fingerprint density at radius 2 is 1.00 bits per heavy atom. The Morgan fingerprint density at radius 3 is 1.00 bits per heavy atom. The van der Waals surface area contributed by atoms with Crippen LogP contribution in [0.15, 0.2) is 0 Å². The molecular formula is CH17N4O7P. The van der Waals surface area contributed by atoms with Crippen LogP contribution in [-0.2, 0) is 4.57 Å². The van der Waals surface area contributed by atoms with E-state index in [1.165, 1.54) is 0 Å². The summed E-state index contributed by atoms with van der Waals surface area (Å²) in [7, 11) is -5.39. The van der Waals surface area contributed by atoms with Crippen molar-refractivity contribution < 1.29 is 34.3 Å². The van der Waals surface area contributed by atoms with Crippen molar-refractivity contribution in [2.45, 2.75) is 0 Å². The van der Waals surface area contributed by atoms with Crippen LogP contribution in [0.5, 0.6) is 0 Å². The van der Waals surface area contributed by atoms with Gasteiger partial charge in [0.2, 0.25) is 6.16 Å². The Balaban J connectivity index is -0.0000000146. The normalized spacial score (nSPS) is 6.38. The fourth-order valence-corrected chi connectivity index (χ4v) is 0. The fraction of sp³-hybridized carbons (Fsp3) is 0. The number of hydrogen-bond acceptors (Lipinski definition) is 6. The van der Waals surface area contributed by atoms with Crippen LogP contribution in [0, 0.1) is 0 Å². The molecule has 0 bridgehead atoms. The van der Waals surface area contributed by atoms with Gasteiger partial charge in [-0.25, -0.2) is 0 Å². The third-order valence-corrected chi connectivity index (χ3v) is 0. The molecule has 0 aliphatic rings. The van der Waals surface area contributed by atoms with E-state index in [0.717, 1.165) is 0 Å². The number of rotatable bonds is 0. The Hall–Kier alpha value is -0.780. The van der Waals surface area contributed by atoms with Crippen LogP contribution in [0.1, 0.15) is 0 Å². The van der Waals surface area contributed by atoms with Gasteiger partial charge in [-0.1, -0.05) is 0 Å². The van der Waals surface area contributed by atoms with E-state index in [1.807, 2.05) is 0 Å². The van der Waals surface area contributed by atoms with Crippen molar-refractivity contribution >= 4 is 14.0 Å². The highest BCUT2D eigenvalue weighted by Crippen LogP contribution is 2.03. The highest BCUT2D eigenvalue weighted by atomic mass is 31.2. The monoisotopic (exact) mass is 228 g/mol. The fourth-order valence-electron chi connectivity index (χ4n) is 0. The van der Waals surface area contributed by atoms with Crippen LogP contribution < -0.4 is 44.4 Å². The van der Waals surface area contributed by atoms with Gasteiger partial charge in [0.05, 0.1) is 0 Å². The number of hydrogen-bond donors (Lipinski definition) is 5. The van der Waals surface area contributed by atoms with Crippen molar-refractivity contribution in [1.82, 2.24) is 24.6 Å². The average molecular weight is 228 g/mol. The molecular weight excluding hydrogens is 211 g/mol. The van der Waals surface area contributed by atoms with E-state index in [4.69, 9.17) is 34.3 Å². The summed E-state index contributed by atoms with van der Waals surface area (Å²) in [6, 6.07) is 0. The van der Waals surface area contributed by atoms with Gasteiger partial charge in [-0.3, -0.25) is 0 Å². The summed E-state index contributed by atoms with van der Waals surface area (Å²) in [5.74, 6) is 0. The van der Waals surface area contributed by atoms with Crippen molar-refractivity contribution in [3.05, 3.63) is 0 Å². The van der Waals surface area contributed by atoms with Gasteiger partial charge in [0, 0.05) is 0 Å². The van der Waals surface area contributed by atoms with Crippen LogP contribution in [-0.4, -0.2) is 11.3 Å². The summed E-state index contributed by atoms with van der Waals surface area (Å²) in [6.07, 6.45) is -2.08. The molecule has 0 unspecified atom stereocenters. The number of carbonyl (C=O) groups is 1. The second-order valence-corrected chi connectivity index (χ2v) is 1.61. The molecule has 0 heterocycles. The quantitative estimate of drug-likeness (QED) is 0.278. The molecule has 0 aromatic heterocycles. The van der Waals surface area contributed by atoms with Crippen molar-refractivity contribution in [1.29, 1.82) is 0 Å². The van der Waals surface area contributed by atoms with Crippen molar-refractivity contribution in [2.75, 3.05) is 0 Å². The molecule has 88 valence electrons. The van der Waals surface area contributed by atoms with E-state index in [9.17, 15) is 0 Å². The third kappa shape index (κ3) is 1570. The van der Waals surface area contributed by atoms with Gasteiger partial charge >= 0.3 is 0 Å². The minimum Gasteiger partial charge on any atom is -0.822 e. The van der Waals surface area contributed by atoms with Gasteiger partial charge in [0.25, 0.3) is 0 Å². The Labute approximate surface area is 74.0 Å². The van der Waals surface area contributed by atoms with Gasteiger partial charge < -0.3 is 58.9 Å². The molecule has 0 aliphatic heterocycles. The van der Waals surface area contributed by atoms with Crippen molar-refractivity contribution in [3.63, 3.8) is 0 Å². The van der Waals surface area contributed by atoms with Gasteiger partial charge in [-0.2, -0.15) is 7.82 Å². The summed E-state index contributed by atoms with van der Waals surface area (Å²) in [5.41, 5.74) is 0. The topological polar surface area (TPSA) is 293 Å². The SMILES string of the molecule is O=C([O-])O.O=P([O-])([O-])[O-].[NH4+].[NH4+].[NH4+].[NH4+]. The number of carboxylic acid groups (broad SMARTS) is 2. The van der Waals surface area contributed by atoms with E-state index in [-0.39, 0.29) is 24.6 Å². The summed E-state index contributed by atoms with van der Waals surface area (Å²) >= 11 is 0. The molecule has 0 aromatic carbocycles. The lowest BCUT2D eigenvalue weighted by Crippen LogP contribution is -2.24. The van der Waals surface area contributed by atoms with Gasteiger partial charge in [-0.15, -0.1) is 0 Å². The zero-order valence-electron chi connectivity index (χ0n) is 7.84. The first kappa shape index (κ1) is 39.8. The molecule has 0 aliphatic carbocycles. The molecule has 0 saturated heterocycles. The summed E-state index contributed by atoms with van der Waals surface area (Å²) < 4.78 is 8.55. The lowest BCUT2D eigenvalue weighted by Gasteiger charge is -2.36. The third-order valence-electron chi connectivity index (χ3n) is 0. The predicted octanol–water partition coefficient (Wildman–Crippen LogP) is -2.43. The maximum absolute atomic E-state index is 8.55. The Bertz CT molecular complexity index is 120. The number of quaternary nitrogens is 4. The van der Waals surface area contributed by atoms with E-state index in [2.05, 4.69) is 0 Å². The standard InChI is InChI=1S/CH2O3.4H3N.H3O4P/c2-1(3)4;;;;;1-5(2,3)4/h(H2,2,3,4);4*1H3;(H3,1,2,3,4). The van der Waals surface area contributed by atoms with Gasteiger partial charge in [-0.05, 0) is 0 Å². The van der Waals surface area contributed by atoms with Gasteiger partial charge in [0.1, 0.15) is 0 Å². The zero-order valence-corrected chi connectivity index (χ0v) is 8.74. The summed E-state index contributed by atoms with van der Waals surface area (Å²) in [4.78, 5) is 34.1. The molecule has 11 nitrogen and oxygen atoms in total. The second-order valence-electron chi connectivity index (χ2n) is 0.713. The minimum absolute atomic E-state index is 0. The van der Waals surface area contributed by atoms with E-state index in [1.54, 1.807) is 0 Å². The first-order chi connectivity index (χ1) is 3.73. The van der Waals surface area contributed by atoms with Crippen molar-refractivity contribution in [3.8, 4) is 0 Å². The molecule has 0 spiro atoms. The Kier molecular flexibility index (Phi) is 53.0. The molecule has 0 radical (unpaired) electrons. The highest BCUT2D eigenvalue weighted by Gasteiger charge is 1.51. The first-order valence-electron chi connectivity index (χ1n) is 1.36. The molecule has 12 heteroatoms. The van der Waals surface area contributed by atoms with Crippen molar-refractivity contribution in [2.24, 2.45) is 0 Å². The molecule has 0 atom stereocenters. The molecule has 13 heavy (non-hydrogen) atoms. The lowest BCUT2D eigenvalue weighted by atomic mass is 11.5. The predicted molar refractivity (Wildman–Crippen MR) is 39.6 cm³/mol. The molecule has 0 fully saturated rings. The van der Waals surface area contributed by atoms with Crippen LogP contribution in [0.3, 0.4) is 0 Å². The number of phosphoric acid groups is 1. The maximum atomic E-state index is 8.55. The Morgan fingerprint density at radius 1 is 1.00 bits per heavy atom. The van der Waals surface area contributed by atoms with E-state index < -0.39 is 14.0 Å². The van der Waals surface area contributed by atoms with E-state index in [0.29, 0.717) is 0 Å². The highest BCUT2D eigenvalue weighted by molar-refractivity contribution is 7.40. The smallest absolute Gasteiger partial charge is 0.249 e. The molecule has 0 rings (SSSR count). The minimum atomic E-state index is -5.39. The largest absolute Gasteiger partial charge is 0.822 e. The molecule has 0 saturated carbocycles. The zero-order chi connectivity index (χ0) is 8.08. The lowest BCUT2D eigenvalue weighted by molar-refractivity contribution is -0.432.